The largest absolute Gasteiger partial charge is 0.481 e. The Morgan fingerprint density at radius 3 is 2.68 bits per heavy atom. The number of β-amino-alcohol motifs (C(OH)–C–C–N with tert-alkyl or cyclic N) is 1. The van der Waals surface area contributed by atoms with E-state index in [1.165, 1.54) is 11.0 Å². The summed E-state index contributed by atoms with van der Waals surface area (Å²) >= 11 is 0. The standard InChI is InChI=1S/C15H17NO6/c1-9-15(21)16(6-7-17)11-8-10(2-4-13(11)22-9)12(18)3-5-14(19)20/h2,4,8-9,17H,3,5-7H2,1H3,(H,19,20). The van der Waals surface area contributed by atoms with Crippen LogP contribution in [0.5, 0.6) is 5.75 Å². The Balaban J connectivity index is 2.30. The highest BCUT2D eigenvalue weighted by Gasteiger charge is 2.31. The van der Waals surface area contributed by atoms with Crippen LogP contribution in [0.4, 0.5) is 5.69 Å². The lowest BCUT2D eigenvalue weighted by atomic mass is 10.0. The molecule has 7 nitrogen and oxygen atoms in total. The molecule has 1 aliphatic rings. The minimum Gasteiger partial charge on any atom is -0.481 e. The van der Waals surface area contributed by atoms with Gasteiger partial charge in [-0.3, -0.25) is 14.4 Å². The number of carbonyl (C=O) groups excluding carboxylic acids is 2. The zero-order valence-corrected chi connectivity index (χ0v) is 12.1. The number of amides is 1. The lowest BCUT2D eigenvalue weighted by molar-refractivity contribution is -0.137. The maximum atomic E-state index is 12.1. The second-order valence-corrected chi connectivity index (χ2v) is 4.97. The van der Waals surface area contributed by atoms with E-state index < -0.39 is 12.1 Å². The van der Waals surface area contributed by atoms with Crippen LogP contribution in [0, 0.1) is 0 Å². The van der Waals surface area contributed by atoms with Crippen molar-refractivity contribution < 1.29 is 29.3 Å². The average molecular weight is 307 g/mol. The molecule has 1 unspecified atom stereocenters. The van der Waals surface area contributed by atoms with Gasteiger partial charge in [0.25, 0.3) is 5.91 Å². The van der Waals surface area contributed by atoms with Gasteiger partial charge >= 0.3 is 5.97 Å². The van der Waals surface area contributed by atoms with Crippen molar-refractivity contribution >= 4 is 23.3 Å². The van der Waals surface area contributed by atoms with Gasteiger partial charge in [-0.25, -0.2) is 0 Å². The van der Waals surface area contributed by atoms with E-state index in [2.05, 4.69) is 0 Å². The normalized spacial score (nSPS) is 16.9. The second-order valence-electron chi connectivity index (χ2n) is 4.97. The van der Waals surface area contributed by atoms with Gasteiger partial charge in [-0.15, -0.1) is 0 Å². The first-order valence-corrected chi connectivity index (χ1v) is 6.92. The van der Waals surface area contributed by atoms with E-state index in [0.29, 0.717) is 17.0 Å². The first-order chi connectivity index (χ1) is 10.4. The van der Waals surface area contributed by atoms with E-state index in [1.54, 1.807) is 19.1 Å². The van der Waals surface area contributed by atoms with Crippen molar-refractivity contribution in [2.24, 2.45) is 0 Å². The predicted octanol–water partition coefficient (Wildman–Crippen LogP) is 0.840. The fraction of sp³-hybridized carbons (Fsp3) is 0.400. The number of aliphatic hydroxyl groups excluding tert-OH is 1. The van der Waals surface area contributed by atoms with E-state index in [9.17, 15) is 14.4 Å². The fourth-order valence-corrected chi connectivity index (χ4v) is 2.28. The number of fused-ring (bicyclic) bond motifs is 1. The van der Waals surface area contributed by atoms with Crippen LogP contribution in [0.25, 0.3) is 0 Å². The van der Waals surface area contributed by atoms with Gasteiger partial charge in [-0.2, -0.15) is 0 Å². The first-order valence-electron chi connectivity index (χ1n) is 6.92. The lowest BCUT2D eigenvalue weighted by Gasteiger charge is -2.32. The molecule has 0 fully saturated rings. The van der Waals surface area contributed by atoms with Crippen LogP contribution in [-0.2, 0) is 9.59 Å². The van der Waals surface area contributed by atoms with Crippen LogP contribution in [0.2, 0.25) is 0 Å². The van der Waals surface area contributed by atoms with Gasteiger partial charge in [0, 0.05) is 18.5 Å². The topological polar surface area (TPSA) is 104 Å². The van der Waals surface area contributed by atoms with E-state index >= 15 is 0 Å². The molecule has 0 saturated carbocycles. The van der Waals surface area contributed by atoms with E-state index in [-0.39, 0.29) is 37.7 Å². The number of aliphatic carboxylic acids is 1. The van der Waals surface area contributed by atoms with Gasteiger partial charge in [0.05, 0.1) is 18.7 Å². The van der Waals surface area contributed by atoms with Crippen molar-refractivity contribution in [2.45, 2.75) is 25.9 Å². The smallest absolute Gasteiger partial charge is 0.303 e. The highest BCUT2D eigenvalue weighted by molar-refractivity contribution is 6.03. The SMILES string of the molecule is CC1Oc2ccc(C(=O)CCC(=O)O)cc2N(CCO)C1=O. The maximum Gasteiger partial charge on any atom is 0.303 e. The molecule has 0 saturated heterocycles. The quantitative estimate of drug-likeness (QED) is 0.755. The highest BCUT2D eigenvalue weighted by Crippen LogP contribution is 2.35. The number of benzene rings is 1. The number of hydrogen-bond acceptors (Lipinski definition) is 5. The number of carbonyl (C=O) groups is 3. The zero-order valence-electron chi connectivity index (χ0n) is 12.1. The Labute approximate surface area is 127 Å². The lowest BCUT2D eigenvalue weighted by Crippen LogP contribution is -2.45. The van der Waals surface area contributed by atoms with Gasteiger partial charge in [0.1, 0.15) is 5.75 Å². The number of carboxylic acids is 1. The molecule has 0 aliphatic carbocycles. The molecule has 1 aromatic carbocycles. The van der Waals surface area contributed by atoms with Crippen LogP contribution >= 0.6 is 0 Å². The number of ether oxygens (including phenoxy) is 1. The average Bonchev–Trinajstić information content (AvgIpc) is 2.49. The fourth-order valence-electron chi connectivity index (χ4n) is 2.28. The molecule has 1 atom stereocenters. The molecule has 1 heterocycles. The number of Topliss-reactive ketones (excluding diaryl/α,β-unsaturated/α-hetero) is 1. The number of hydrogen-bond donors (Lipinski definition) is 2. The van der Waals surface area contributed by atoms with Crippen LogP contribution in [0.15, 0.2) is 18.2 Å². The van der Waals surface area contributed by atoms with Crippen molar-refractivity contribution in [3.8, 4) is 5.75 Å². The minimum atomic E-state index is -1.04. The molecule has 0 spiro atoms. The monoisotopic (exact) mass is 307 g/mol. The zero-order chi connectivity index (χ0) is 16.3. The number of rotatable bonds is 6. The van der Waals surface area contributed by atoms with E-state index in [1.807, 2.05) is 0 Å². The van der Waals surface area contributed by atoms with Crippen molar-refractivity contribution in [2.75, 3.05) is 18.1 Å². The Kier molecular flexibility index (Phi) is 4.77. The third-order valence-corrected chi connectivity index (χ3v) is 3.38. The molecular weight excluding hydrogens is 290 g/mol. The maximum absolute atomic E-state index is 12.1. The number of carboxylic acid groups (broad SMARTS) is 1. The summed E-state index contributed by atoms with van der Waals surface area (Å²) in [5.41, 5.74) is 0.729. The molecular formula is C15H17NO6. The Hall–Kier alpha value is -2.41. The van der Waals surface area contributed by atoms with Crippen molar-refractivity contribution in [3.05, 3.63) is 23.8 Å². The molecule has 1 amide bonds. The molecule has 2 N–H and O–H groups in total. The van der Waals surface area contributed by atoms with E-state index in [4.69, 9.17) is 14.9 Å². The third kappa shape index (κ3) is 3.25. The van der Waals surface area contributed by atoms with Gasteiger partial charge in [-0.1, -0.05) is 0 Å². The molecule has 22 heavy (non-hydrogen) atoms. The first kappa shape index (κ1) is 16.0. The van der Waals surface area contributed by atoms with Gasteiger partial charge in [-0.05, 0) is 25.1 Å². The van der Waals surface area contributed by atoms with Gasteiger partial charge in [0.15, 0.2) is 11.9 Å². The summed E-state index contributed by atoms with van der Waals surface area (Å²) in [6, 6.07) is 4.62. The molecule has 0 radical (unpaired) electrons. The summed E-state index contributed by atoms with van der Waals surface area (Å²) in [4.78, 5) is 36.0. The summed E-state index contributed by atoms with van der Waals surface area (Å²) in [5.74, 6) is -1.20. The van der Waals surface area contributed by atoms with Gasteiger partial charge in [0.2, 0.25) is 0 Å². The number of ketones is 1. The Morgan fingerprint density at radius 1 is 1.32 bits per heavy atom. The molecule has 1 aromatic rings. The summed E-state index contributed by atoms with van der Waals surface area (Å²) in [7, 11) is 0. The molecule has 0 bridgehead atoms. The molecule has 0 aromatic heterocycles. The highest BCUT2D eigenvalue weighted by atomic mass is 16.5. The Bertz CT molecular complexity index is 612. The van der Waals surface area contributed by atoms with Gasteiger partial charge < -0.3 is 19.8 Å². The molecule has 118 valence electrons. The summed E-state index contributed by atoms with van der Waals surface area (Å²) in [5, 5.41) is 17.7. The number of anilines is 1. The third-order valence-electron chi connectivity index (χ3n) is 3.38. The van der Waals surface area contributed by atoms with Crippen LogP contribution in [0.1, 0.15) is 30.1 Å². The minimum absolute atomic E-state index is 0.103. The van der Waals surface area contributed by atoms with Crippen LogP contribution in [0.3, 0.4) is 0 Å². The van der Waals surface area contributed by atoms with Crippen molar-refractivity contribution in [1.82, 2.24) is 0 Å². The summed E-state index contributed by atoms with van der Waals surface area (Å²) in [6.07, 6.45) is -1.02. The molecule has 2 rings (SSSR count). The number of nitrogens with zero attached hydrogens (tertiary/aromatic N) is 1. The van der Waals surface area contributed by atoms with Crippen molar-refractivity contribution in [1.29, 1.82) is 0 Å². The predicted molar refractivity (Wildman–Crippen MR) is 77.2 cm³/mol. The molecule has 1 aliphatic heterocycles. The summed E-state index contributed by atoms with van der Waals surface area (Å²) in [6.45, 7) is 1.50. The molecule has 7 heteroatoms. The second kappa shape index (κ2) is 6.57. The van der Waals surface area contributed by atoms with Crippen molar-refractivity contribution in [3.63, 3.8) is 0 Å². The van der Waals surface area contributed by atoms with E-state index in [0.717, 1.165) is 0 Å². The van der Waals surface area contributed by atoms with Crippen LogP contribution < -0.4 is 9.64 Å². The Morgan fingerprint density at radius 2 is 2.05 bits per heavy atom. The summed E-state index contributed by atoms with van der Waals surface area (Å²) < 4.78 is 5.48. The number of aliphatic hydroxyl groups is 1. The van der Waals surface area contributed by atoms with Crippen LogP contribution in [-0.4, -0.2) is 47.1 Å².